The lowest BCUT2D eigenvalue weighted by Crippen LogP contribution is -2.07. The van der Waals surface area contributed by atoms with Gasteiger partial charge < -0.3 is 10.1 Å². The Bertz CT molecular complexity index is 571. The average molecular weight is 305 g/mol. The van der Waals surface area contributed by atoms with Gasteiger partial charge in [0.15, 0.2) is 5.13 Å². The molecule has 1 N–H and O–H groups in total. The van der Waals surface area contributed by atoms with Crippen LogP contribution in [0.1, 0.15) is 37.6 Å². The average Bonchev–Trinajstić information content (AvgIpc) is 2.94. The van der Waals surface area contributed by atoms with Crippen LogP contribution in [0.5, 0.6) is 0 Å². The highest BCUT2D eigenvalue weighted by Gasteiger charge is 2.09. The van der Waals surface area contributed by atoms with Crippen LogP contribution in [0.25, 0.3) is 0 Å². The van der Waals surface area contributed by atoms with E-state index in [9.17, 15) is 4.79 Å². The molecule has 2 rings (SSSR count). The largest absolute Gasteiger partial charge is 0.466 e. The number of aromatic nitrogens is 2. The van der Waals surface area contributed by atoms with Crippen molar-refractivity contribution in [2.75, 3.05) is 11.9 Å². The Morgan fingerprint density at radius 2 is 2.38 bits per heavy atom. The van der Waals surface area contributed by atoms with Gasteiger partial charge >= 0.3 is 5.97 Å². The maximum Gasteiger partial charge on any atom is 0.306 e. The monoisotopic (exact) mass is 305 g/mol. The van der Waals surface area contributed by atoms with Crippen molar-refractivity contribution < 1.29 is 9.53 Å². The van der Waals surface area contributed by atoms with Gasteiger partial charge in [-0.3, -0.25) is 9.78 Å². The van der Waals surface area contributed by atoms with Crippen LogP contribution in [0.3, 0.4) is 0 Å². The number of hydrogen-bond donors (Lipinski definition) is 1. The highest BCUT2D eigenvalue weighted by atomic mass is 32.1. The van der Waals surface area contributed by atoms with E-state index in [-0.39, 0.29) is 12.0 Å². The van der Waals surface area contributed by atoms with E-state index in [0.717, 1.165) is 16.4 Å². The molecule has 1 unspecified atom stereocenters. The second kappa shape index (κ2) is 7.73. The fourth-order valence-corrected chi connectivity index (χ4v) is 2.69. The summed E-state index contributed by atoms with van der Waals surface area (Å²) >= 11 is 1.54. The second-order valence-electron chi connectivity index (χ2n) is 4.60. The summed E-state index contributed by atoms with van der Waals surface area (Å²) in [5.41, 5.74) is 2.02. The van der Waals surface area contributed by atoms with Crippen molar-refractivity contribution in [3.8, 4) is 0 Å². The molecule has 1 atom stereocenters. The predicted octanol–water partition coefficient (Wildman–Crippen LogP) is 3.21. The second-order valence-corrected chi connectivity index (χ2v) is 5.46. The van der Waals surface area contributed by atoms with Crippen molar-refractivity contribution in [1.82, 2.24) is 9.97 Å². The summed E-state index contributed by atoms with van der Waals surface area (Å²) in [5, 5.41) is 6.16. The Labute approximate surface area is 128 Å². The van der Waals surface area contributed by atoms with Gasteiger partial charge in [0.05, 0.1) is 24.8 Å². The molecule has 6 heteroatoms. The topological polar surface area (TPSA) is 64.1 Å². The molecule has 0 amide bonds. The fraction of sp³-hybridized carbons (Fsp3) is 0.400. The van der Waals surface area contributed by atoms with E-state index in [0.29, 0.717) is 19.4 Å². The van der Waals surface area contributed by atoms with E-state index in [4.69, 9.17) is 4.74 Å². The van der Waals surface area contributed by atoms with Gasteiger partial charge in [-0.1, -0.05) is 6.07 Å². The maximum atomic E-state index is 11.3. The molecule has 0 aliphatic carbocycles. The molecule has 0 bridgehead atoms. The minimum Gasteiger partial charge on any atom is -0.466 e. The van der Waals surface area contributed by atoms with Crippen molar-refractivity contribution in [1.29, 1.82) is 0 Å². The quantitative estimate of drug-likeness (QED) is 0.796. The van der Waals surface area contributed by atoms with Gasteiger partial charge in [0.25, 0.3) is 0 Å². The Morgan fingerprint density at radius 3 is 3.10 bits per heavy atom. The third kappa shape index (κ3) is 4.82. The molecule has 0 saturated carbocycles. The van der Waals surface area contributed by atoms with Gasteiger partial charge in [0.2, 0.25) is 0 Å². The maximum absolute atomic E-state index is 11.3. The molecule has 0 spiro atoms. The van der Waals surface area contributed by atoms with Crippen LogP contribution in [0.2, 0.25) is 0 Å². The zero-order valence-electron chi connectivity index (χ0n) is 12.2. The molecular weight excluding hydrogens is 286 g/mol. The van der Waals surface area contributed by atoms with Crippen LogP contribution in [0.4, 0.5) is 5.13 Å². The summed E-state index contributed by atoms with van der Waals surface area (Å²) in [7, 11) is 0. The minimum atomic E-state index is -0.177. The molecule has 0 aliphatic heterocycles. The molecule has 2 aromatic heterocycles. The van der Waals surface area contributed by atoms with Crippen molar-refractivity contribution in [3.05, 3.63) is 41.2 Å². The Hall–Kier alpha value is -1.95. The standard InChI is InChI=1S/C15H19N3O2S/c1-3-20-14(19)7-6-13-10-21-15(18-13)17-11(2)12-5-4-8-16-9-12/h4-5,8-11H,3,6-7H2,1-2H3,(H,17,18). The lowest BCUT2D eigenvalue weighted by Gasteiger charge is -2.12. The van der Waals surface area contributed by atoms with Crippen LogP contribution in [0, 0.1) is 0 Å². The number of rotatable bonds is 7. The number of carbonyl (C=O) groups is 1. The van der Waals surface area contributed by atoms with Crippen molar-refractivity contribution in [2.24, 2.45) is 0 Å². The first-order valence-corrected chi connectivity index (χ1v) is 7.83. The van der Waals surface area contributed by atoms with Gasteiger partial charge in [0, 0.05) is 24.2 Å². The summed E-state index contributed by atoms with van der Waals surface area (Å²) in [4.78, 5) is 19.9. The van der Waals surface area contributed by atoms with Crippen molar-refractivity contribution in [3.63, 3.8) is 0 Å². The van der Waals surface area contributed by atoms with Gasteiger partial charge in [-0.15, -0.1) is 11.3 Å². The number of pyridine rings is 1. The molecule has 0 fully saturated rings. The normalized spacial score (nSPS) is 11.9. The van der Waals surface area contributed by atoms with E-state index in [2.05, 4.69) is 22.2 Å². The predicted molar refractivity (Wildman–Crippen MR) is 83.3 cm³/mol. The molecule has 112 valence electrons. The molecular formula is C15H19N3O2S. The first-order valence-electron chi connectivity index (χ1n) is 6.95. The first-order chi connectivity index (χ1) is 10.2. The lowest BCUT2D eigenvalue weighted by molar-refractivity contribution is -0.143. The number of esters is 1. The number of anilines is 1. The molecule has 21 heavy (non-hydrogen) atoms. The Morgan fingerprint density at radius 1 is 1.52 bits per heavy atom. The van der Waals surface area contributed by atoms with Crippen LogP contribution in [0.15, 0.2) is 29.9 Å². The number of ether oxygens (including phenoxy) is 1. The third-order valence-electron chi connectivity index (χ3n) is 2.97. The van der Waals surface area contributed by atoms with E-state index < -0.39 is 0 Å². The number of nitrogens with zero attached hydrogens (tertiary/aromatic N) is 2. The Balaban J connectivity index is 1.87. The number of thiazole rings is 1. The van der Waals surface area contributed by atoms with Gasteiger partial charge in [-0.25, -0.2) is 4.98 Å². The summed E-state index contributed by atoms with van der Waals surface area (Å²) < 4.78 is 4.91. The zero-order valence-corrected chi connectivity index (χ0v) is 13.0. The Kier molecular flexibility index (Phi) is 5.68. The molecule has 0 aromatic carbocycles. The zero-order chi connectivity index (χ0) is 15.1. The van der Waals surface area contributed by atoms with Crippen molar-refractivity contribution >= 4 is 22.4 Å². The number of carbonyl (C=O) groups excluding carboxylic acids is 1. The molecule has 0 aliphatic rings. The lowest BCUT2D eigenvalue weighted by atomic mass is 10.1. The van der Waals surface area contributed by atoms with E-state index >= 15 is 0 Å². The van der Waals surface area contributed by atoms with Crippen LogP contribution in [-0.4, -0.2) is 22.5 Å². The van der Waals surface area contributed by atoms with Crippen LogP contribution < -0.4 is 5.32 Å². The molecule has 0 saturated heterocycles. The third-order valence-corrected chi connectivity index (χ3v) is 3.79. The summed E-state index contributed by atoms with van der Waals surface area (Å²) in [6.45, 7) is 4.30. The highest BCUT2D eigenvalue weighted by molar-refractivity contribution is 7.13. The van der Waals surface area contributed by atoms with Gasteiger partial charge in [-0.2, -0.15) is 0 Å². The summed E-state index contributed by atoms with van der Waals surface area (Å²) in [6.07, 6.45) is 4.58. The molecule has 2 heterocycles. The summed E-state index contributed by atoms with van der Waals surface area (Å²) in [5.74, 6) is -0.177. The molecule has 5 nitrogen and oxygen atoms in total. The molecule has 2 aromatic rings. The van der Waals surface area contributed by atoms with E-state index in [1.807, 2.05) is 30.6 Å². The first kappa shape index (κ1) is 15.4. The minimum absolute atomic E-state index is 0.141. The van der Waals surface area contributed by atoms with Gasteiger partial charge in [0.1, 0.15) is 0 Å². The van der Waals surface area contributed by atoms with Gasteiger partial charge in [-0.05, 0) is 25.5 Å². The SMILES string of the molecule is CCOC(=O)CCc1csc(NC(C)c2cccnc2)n1. The number of hydrogen-bond acceptors (Lipinski definition) is 6. The van der Waals surface area contributed by atoms with Crippen molar-refractivity contribution in [2.45, 2.75) is 32.7 Å². The summed E-state index contributed by atoms with van der Waals surface area (Å²) in [6, 6.07) is 4.09. The van der Waals surface area contributed by atoms with Crippen LogP contribution >= 0.6 is 11.3 Å². The smallest absolute Gasteiger partial charge is 0.306 e. The number of aryl methyl sites for hydroxylation is 1. The van der Waals surface area contributed by atoms with E-state index in [1.165, 1.54) is 0 Å². The highest BCUT2D eigenvalue weighted by Crippen LogP contribution is 2.22. The van der Waals surface area contributed by atoms with Crippen LogP contribution in [-0.2, 0) is 16.0 Å². The van der Waals surface area contributed by atoms with E-state index in [1.54, 1.807) is 17.5 Å². The fourth-order valence-electron chi connectivity index (χ4n) is 1.85. The molecule has 0 radical (unpaired) electrons. The number of nitrogens with one attached hydrogen (secondary N) is 1.